The largest absolute Gasteiger partial charge is 0.508 e. The third-order valence-corrected chi connectivity index (χ3v) is 4.92. The average molecular weight is 349 g/mol. The molecule has 4 nitrogen and oxygen atoms in total. The predicted molar refractivity (Wildman–Crippen MR) is 101 cm³/mol. The molecule has 2 aromatic carbocycles. The van der Waals surface area contributed by atoms with E-state index in [0.717, 1.165) is 41.0 Å². The molecule has 1 fully saturated rings. The SMILES string of the molecule is CC(C)OCC1(c2onc(-c3ccc(O)cc3)c2-c2ccccc2)CC1. The number of phenolic OH excluding ortho intramolecular Hbond substituents is 1. The Morgan fingerprint density at radius 3 is 2.35 bits per heavy atom. The molecule has 0 radical (unpaired) electrons. The number of rotatable bonds is 6. The molecule has 4 heteroatoms. The summed E-state index contributed by atoms with van der Waals surface area (Å²) < 4.78 is 11.8. The lowest BCUT2D eigenvalue weighted by molar-refractivity contribution is 0.0564. The molecular weight excluding hydrogens is 326 g/mol. The second kappa shape index (κ2) is 6.61. The summed E-state index contributed by atoms with van der Waals surface area (Å²) in [7, 11) is 0. The highest BCUT2D eigenvalue weighted by Crippen LogP contribution is 2.53. The van der Waals surface area contributed by atoms with Crippen molar-refractivity contribution in [3.8, 4) is 28.1 Å². The van der Waals surface area contributed by atoms with Crippen LogP contribution in [0.3, 0.4) is 0 Å². The molecule has 1 aliphatic rings. The minimum absolute atomic E-state index is 0.0857. The standard InChI is InChI=1S/C22H23NO3/c1-15(2)25-14-22(12-13-22)21-19(16-6-4-3-5-7-16)20(23-26-21)17-8-10-18(24)11-9-17/h3-11,15,24H,12-14H2,1-2H3. The molecule has 0 spiro atoms. The van der Waals surface area contributed by atoms with Gasteiger partial charge in [-0.25, -0.2) is 0 Å². The lowest BCUT2D eigenvalue weighted by Gasteiger charge is -2.16. The number of benzene rings is 2. The molecule has 0 aliphatic heterocycles. The Hall–Kier alpha value is -2.59. The van der Waals surface area contributed by atoms with Crippen molar-refractivity contribution in [3.05, 3.63) is 60.4 Å². The second-order valence-electron chi connectivity index (χ2n) is 7.29. The molecule has 1 aromatic heterocycles. The van der Waals surface area contributed by atoms with Gasteiger partial charge in [0.1, 0.15) is 11.4 Å². The molecule has 0 bridgehead atoms. The Balaban J connectivity index is 1.82. The molecule has 1 saturated carbocycles. The third kappa shape index (κ3) is 3.13. The van der Waals surface area contributed by atoms with Crippen molar-refractivity contribution in [2.75, 3.05) is 6.61 Å². The molecule has 0 amide bonds. The molecule has 4 rings (SSSR count). The Labute approximate surface area is 153 Å². The van der Waals surface area contributed by atoms with Gasteiger partial charge in [-0.15, -0.1) is 0 Å². The van der Waals surface area contributed by atoms with Crippen LogP contribution in [0.1, 0.15) is 32.4 Å². The number of nitrogens with zero attached hydrogens (tertiary/aromatic N) is 1. The fourth-order valence-electron chi connectivity index (χ4n) is 3.26. The summed E-state index contributed by atoms with van der Waals surface area (Å²) in [6, 6.07) is 17.3. The van der Waals surface area contributed by atoms with Crippen LogP contribution in [0, 0.1) is 0 Å². The monoisotopic (exact) mass is 349 g/mol. The first-order valence-corrected chi connectivity index (χ1v) is 9.06. The lowest BCUT2D eigenvalue weighted by atomic mass is 9.92. The van der Waals surface area contributed by atoms with Gasteiger partial charge in [0, 0.05) is 5.56 Å². The molecule has 0 saturated heterocycles. The Bertz CT molecular complexity index is 878. The normalized spacial score (nSPS) is 15.3. The van der Waals surface area contributed by atoms with E-state index in [9.17, 15) is 5.11 Å². The number of aromatic hydroxyl groups is 1. The fraction of sp³-hybridized carbons (Fsp3) is 0.318. The molecule has 0 atom stereocenters. The number of hydrogen-bond donors (Lipinski definition) is 1. The Morgan fingerprint density at radius 1 is 1.04 bits per heavy atom. The predicted octanol–water partition coefficient (Wildman–Crippen LogP) is 5.17. The van der Waals surface area contributed by atoms with Gasteiger partial charge >= 0.3 is 0 Å². The van der Waals surface area contributed by atoms with Gasteiger partial charge in [0.15, 0.2) is 5.76 Å². The van der Waals surface area contributed by atoms with Crippen LogP contribution in [-0.4, -0.2) is 23.0 Å². The zero-order valence-electron chi connectivity index (χ0n) is 15.1. The van der Waals surface area contributed by atoms with Crippen molar-refractivity contribution >= 4 is 0 Å². The van der Waals surface area contributed by atoms with Crippen LogP contribution in [0.2, 0.25) is 0 Å². The van der Waals surface area contributed by atoms with Crippen LogP contribution < -0.4 is 0 Å². The molecule has 1 aliphatic carbocycles. The number of phenols is 1. The van der Waals surface area contributed by atoms with Crippen molar-refractivity contribution in [1.82, 2.24) is 5.16 Å². The van der Waals surface area contributed by atoms with Crippen molar-refractivity contribution in [3.63, 3.8) is 0 Å². The van der Waals surface area contributed by atoms with Crippen molar-refractivity contribution in [2.45, 2.75) is 38.2 Å². The summed E-state index contributed by atoms with van der Waals surface area (Å²) >= 11 is 0. The van der Waals surface area contributed by atoms with E-state index < -0.39 is 0 Å². The van der Waals surface area contributed by atoms with E-state index in [1.165, 1.54) is 0 Å². The van der Waals surface area contributed by atoms with Gasteiger partial charge in [-0.1, -0.05) is 35.5 Å². The highest BCUT2D eigenvalue weighted by atomic mass is 16.5. The molecule has 3 aromatic rings. The van der Waals surface area contributed by atoms with Gasteiger partial charge in [0.2, 0.25) is 0 Å². The van der Waals surface area contributed by atoms with E-state index in [0.29, 0.717) is 6.61 Å². The first-order valence-electron chi connectivity index (χ1n) is 9.06. The molecule has 26 heavy (non-hydrogen) atoms. The van der Waals surface area contributed by atoms with Crippen molar-refractivity contribution < 1.29 is 14.4 Å². The zero-order valence-corrected chi connectivity index (χ0v) is 15.1. The van der Waals surface area contributed by atoms with Gasteiger partial charge in [0.05, 0.1) is 23.7 Å². The van der Waals surface area contributed by atoms with E-state index in [2.05, 4.69) is 31.1 Å². The van der Waals surface area contributed by atoms with Crippen molar-refractivity contribution in [2.24, 2.45) is 0 Å². The summed E-state index contributed by atoms with van der Waals surface area (Å²) in [5.74, 6) is 1.15. The van der Waals surface area contributed by atoms with E-state index >= 15 is 0 Å². The van der Waals surface area contributed by atoms with Crippen LogP contribution in [-0.2, 0) is 10.2 Å². The smallest absolute Gasteiger partial charge is 0.153 e. The number of ether oxygens (including phenoxy) is 1. The second-order valence-corrected chi connectivity index (χ2v) is 7.29. The maximum Gasteiger partial charge on any atom is 0.153 e. The van der Waals surface area contributed by atoms with Crippen molar-refractivity contribution in [1.29, 1.82) is 0 Å². The van der Waals surface area contributed by atoms with E-state index in [-0.39, 0.29) is 17.3 Å². The van der Waals surface area contributed by atoms with Gasteiger partial charge in [-0.3, -0.25) is 0 Å². The first-order chi connectivity index (χ1) is 12.6. The quantitative estimate of drug-likeness (QED) is 0.667. The van der Waals surface area contributed by atoms with Gasteiger partial charge < -0.3 is 14.4 Å². The van der Waals surface area contributed by atoms with Crippen LogP contribution in [0.5, 0.6) is 5.75 Å². The van der Waals surface area contributed by atoms with Crippen LogP contribution in [0.15, 0.2) is 59.1 Å². The molecule has 134 valence electrons. The van der Waals surface area contributed by atoms with Gasteiger partial charge in [-0.05, 0) is 56.5 Å². The maximum absolute atomic E-state index is 9.60. The first kappa shape index (κ1) is 16.9. The van der Waals surface area contributed by atoms with Gasteiger partial charge in [0.25, 0.3) is 0 Å². The highest BCUT2D eigenvalue weighted by Gasteiger charge is 2.50. The summed E-state index contributed by atoms with van der Waals surface area (Å²) in [6.07, 6.45) is 2.28. The van der Waals surface area contributed by atoms with E-state index in [1.807, 2.05) is 30.3 Å². The summed E-state index contributed by atoms with van der Waals surface area (Å²) in [6.45, 7) is 4.75. The van der Waals surface area contributed by atoms with E-state index in [1.54, 1.807) is 12.1 Å². The molecule has 1 N–H and O–H groups in total. The van der Waals surface area contributed by atoms with Crippen LogP contribution in [0.4, 0.5) is 0 Å². The lowest BCUT2D eigenvalue weighted by Crippen LogP contribution is -2.18. The number of aromatic nitrogens is 1. The van der Waals surface area contributed by atoms with Gasteiger partial charge in [-0.2, -0.15) is 0 Å². The fourth-order valence-corrected chi connectivity index (χ4v) is 3.26. The minimum Gasteiger partial charge on any atom is -0.508 e. The summed E-state index contributed by atoms with van der Waals surface area (Å²) in [5, 5.41) is 14.0. The third-order valence-electron chi connectivity index (χ3n) is 4.92. The number of hydrogen-bond acceptors (Lipinski definition) is 4. The molecule has 1 heterocycles. The minimum atomic E-state index is -0.0857. The Morgan fingerprint density at radius 2 is 1.73 bits per heavy atom. The highest BCUT2D eigenvalue weighted by molar-refractivity contribution is 5.83. The Kier molecular flexibility index (Phi) is 4.29. The zero-order chi connectivity index (χ0) is 18.1. The van der Waals surface area contributed by atoms with Crippen LogP contribution >= 0.6 is 0 Å². The van der Waals surface area contributed by atoms with E-state index in [4.69, 9.17) is 9.26 Å². The average Bonchev–Trinajstić information content (AvgIpc) is 3.31. The molecular formula is C22H23NO3. The van der Waals surface area contributed by atoms with Crippen LogP contribution in [0.25, 0.3) is 22.4 Å². The summed E-state index contributed by atoms with van der Waals surface area (Å²) in [4.78, 5) is 0. The maximum atomic E-state index is 9.60. The summed E-state index contributed by atoms with van der Waals surface area (Å²) in [5.41, 5.74) is 3.76. The topological polar surface area (TPSA) is 55.5 Å². The molecule has 0 unspecified atom stereocenters.